The van der Waals surface area contributed by atoms with Crippen LogP contribution in [-0.4, -0.2) is 47.4 Å². The molecular formula is C12H24N4. The molecule has 0 radical (unpaired) electrons. The predicted molar refractivity (Wildman–Crippen MR) is 67.5 cm³/mol. The Morgan fingerprint density at radius 1 is 1.44 bits per heavy atom. The summed E-state index contributed by atoms with van der Waals surface area (Å²) < 4.78 is 1.93. The average molecular weight is 224 g/mol. The number of hydrogen-bond donors (Lipinski definition) is 1. The van der Waals surface area contributed by atoms with E-state index in [9.17, 15) is 0 Å². The van der Waals surface area contributed by atoms with Gasteiger partial charge in [-0.05, 0) is 34.0 Å². The fourth-order valence-electron chi connectivity index (χ4n) is 1.42. The summed E-state index contributed by atoms with van der Waals surface area (Å²) in [6.07, 6.45) is 2.87. The Hall–Kier alpha value is -0.870. The molecule has 4 nitrogen and oxygen atoms in total. The minimum Gasteiger partial charge on any atom is -0.315 e. The molecule has 0 fully saturated rings. The lowest BCUT2D eigenvalue weighted by molar-refractivity contribution is 0.190. The lowest BCUT2D eigenvalue weighted by Crippen LogP contribution is -2.47. The summed E-state index contributed by atoms with van der Waals surface area (Å²) in [4.78, 5) is 2.24. The Labute approximate surface area is 98.6 Å². The van der Waals surface area contributed by atoms with Crippen LogP contribution in [0, 0.1) is 0 Å². The van der Waals surface area contributed by atoms with E-state index in [1.165, 1.54) is 5.69 Å². The topological polar surface area (TPSA) is 33.1 Å². The van der Waals surface area contributed by atoms with Crippen molar-refractivity contribution in [3.63, 3.8) is 0 Å². The Morgan fingerprint density at radius 2 is 2.12 bits per heavy atom. The van der Waals surface area contributed by atoms with Gasteiger partial charge in [0.15, 0.2) is 0 Å². The maximum atomic E-state index is 4.15. The molecule has 1 heterocycles. The molecule has 1 N–H and O–H groups in total. The third-order valence-corrected chi connectivity index (χ3v) is 3.25. The number of nitrogens with one attached hydrogen (secondary N) is 1. The molecule has 92 valence electrons. The van der Waals surface area contributed by atoms with Crippen molar-refractivity contribution in [1.82, 2.24) is 20.0 Å². The van der Waals surface area contributed by atoms with Crippen molar-refractivity contribution in [2.24, 2.45) is 7.05 Å². The van der Waals surface area contributed by atoms with Gasteiger partial charge in [0.25, 0.3) is 0 Å². The van der Waals surface area contributed by atoms with Crippen LogP contribution >= 0.6 is 0 Å². The van der Waals surface area contributed by atoms with Crippen molar-refractivity contribution in [3.8, 4) is 0 Å². The minimum absolute atomic E-state index is 0.201. The van der Waals surface area contributed by atoms with E-state index in [2.05, 4.69) is 49.3 Å². The molecule has 0 aliphatic heterocycles. The number of hydrogen-bond acceptors (Lipinski definition) is 3. The molecule has 1 aromatic rings. The minimum atomic E-state index is 0.201. The summed E-state index contributed by atoms with van der Waals surface area (Å²) >= 11 is 0. The van der Waals surface area contributed by atoms with Crippen molar-refractivity contribution < 1.29 is 0 Å². The largest absolute Gasteiger partial charge is 0.315 e. The van der Waals surface area contributed by atoms with Gasteiger partial charge in [-0.25, -0.2) is 0 Å². The maximum Gasteiger partial charge on any atom is 0.0492 e. The maximum absolute atomic E-state index is 4.15. The molecule has 1 rings (SSSR count). The van der Waals surface area contributed by atoms with E-state index in [-0.39, 0.29) is 5.54 Å². The van der Waals surface area contributed by atoms with E-state index in [0.717, 1.165) is 19.5 Å². The van der Waals surface area contributed by atoms with Crippen molar-refractivity contribution in [2.45, 2.75) is 25.8 Å². The van der Waals surface area contributed by atoms with E-state index in [4.69, 9.17) is 0 Å². The van der Waals surface area contributed by atoms with Crippen LogP contribution < -0.4 is 5.32 Å². The van der Waals surface area contributed by atoms with Crippen LogP contribution in [0.3, 0.4) is 0 Å². The highest BCUT2D eigenvalue weighted by Crippen LogP contribution is 2.07. The van der Waals surface area contributed by atoms with Crippen molar-refractivity contribution in [3.05, 3.63) is 18.0 Å². The second-order valence-corrected chi connectivity index (χ2v) is 5.08. The molecule has 0 saturated carbocycles. The van der Waals surface area contributed by atoms with Gasteiger partial charge in [0, 0.05) is 44.0 Å². The predicted octanol–water partition coefficient (Wildman–Crippen LogP) is 0.892. The molecular weight excluding hydrogens is 200 g/mol. The smallest absolute Gasteiger partial charge is 0.0492 e. The highest BCUT2D eigenvalue weighted by molar-refractivity contribution is 5.00. The zero-order valence-corrected chi connectivity index (χ0v) is 11.1. The van der Waals surface area contributed by atoms with Crippen molar-refractivity contribution >= 4 is 0 Å². The standard InChI is InChI=1S/C12H24N4/c1-12(2,15(3)4)10-13-8-6-11-7-9-14-16(11)5/h7,9,13H,6,8,10H2,1-5H3. The molecule has 1 aromatic heterocycles. The molecule has 0 aliphatic rings. The zero-order valence-electron chi connectivity index (χ0n) is 11.1. The number of nitrogens with zero attached hydrogens (tertiary/aromatic N) is 3. The molecule has 4 heteroatoms. The van der Waals surface area contributed by atoms with Gasteiger partial charge in [0.05, 0.1) is 0 Å². The Kier molecular flexibility index (Phi) is 4.50. The number of aryl methyl sites for hydroxylation is 1. The normalized spacial score (nSPS) is 12.4. The van der Waals surface area contributed by atoms with Crippen LogP contribution in [-0.2, 0) is 13.5 Å². The second kappa shape index (κ2) is 5.46. The molecule has 0 atom stereocenters. The average Bonchev–Trinajstić information content (AvgIpc) is 2.59. The second-order valence-electron chi connectivity index (χ2n) is 5.08. The summed E-state index contributed by atoms with van der Waals surface area (Å²) in [6, 6.07) is 2.07. The first-order chi connectivity index (χ1) is 7.43. The lowest BCUT2D eigenvalue weighted by atomic mass is 10.0. The molecule has 0 saturated heterocycles. The van der Waals surface area contributed by atoms with Gasteiger partial charge in [-0.3, -0.25) is 4.68 Å². The van der Waals surface area contributed by atoms with Crippen LogP contribution in [0.4, 0.5) is 0 Å². The first-order valence-corrected chi connectivity index (χ1v) is 5.78. The van der Waals surface area contributed by atoms with E-state index in [0.29, 0.717) is 0 Å². The van der Waals surface area contributed by atoms with Crippen LogP contribution in [0.1, 0.15) is 19.5 Å². The Balaban J connectivity index is 2.25. The van der Waals surface area contributed by atoms with Gasteiger partial charge in [0.2, 0.25) is 0 Å². The highest BCUT2D eigenvalue weighted by Gasteiger charge is 2.19. The fourth-order valence-corrected chi connectivity index (χ4v) is 1.42. The van der Waals surface area contributed by atoms with Gasteiger partial charge in [0.1, 0.15) is 0 Å². The SMILES string of the molecule is CN(C)C(C)(C)CNCCc1ccnn1C. The van der Waals surface area contributed by atoms with E-state index in [1.807, 2.05) is 17.9 Å². The van der Waals surface area contributed by atoms with E-state index in [1.54, 1.807) is 0 Å². The van der Waals surface area contributed by atoms with Gasteiger partial charge in [-0.2, -0.15) is 5.10 Å². The summed E-state index contributed by atoms with van der Waals surface area (Å²) in [5, 5.41) is 7.64. The molecule has 0 bridgehead atoms. The van der Waals surface area contributed by atoms with Crippen molar-refractivity contribution in [1.29, 1.82) is 0 Å². The molecule has 0 amide bonds. The third-order valence-electron chi connectivity index (χ3n) is 3.25. The number of likely N-dealkylation sites (N-methyl/N-ethyl adjacent to an activating group) is 1. The van der Waals surface area contributed by atoms with E-state index < -0.39 is 0 Å². The molecule has 0 unspecified atom stereocenters. The fraction of sp³-hybridized carbons (Fsp3) is 0.750. The van der Waals surface area contributed by atoms with Gasteiger partial charge >= 0.3 is 0 Å². The Morgan fingerprint density at radius 3 is 2.62 bits per heavy atom. The van der Waals surface area contributed by atoms with Crippen molar-refractivity contribution in [2.75, 3.05) is 27.2 Å². The highest BCUT2D eigenvalue weighted by atomic mass is 15.3. The van der Waals surface area contributed by atoms with Crippen LogP contribution in [0.5, 0.6) is 0 Å². The molecule has 0 aliphatic carbocycles. The number of aromatic nitrogens is 2. The summed E-state index contributed by atoms with van der Waals surface area (Å²) in [7, 11) is 6.21. The molecule has 0 aromatic carbocycles. The first-order valence-electron chi connectivity index (χ1n) is 5.78. The quantitative estimate of drug-likeness (QED) is 0.729. The Bertz CT molecular complexity index is 315. The van der Waals surface area contributed by atoms with Gasteiger partial charge < -0.3 is 10.2 Å². The zero-order chi connectivity index (χ0) is 12.2. The molecule has 16 heavy (non-hydrogen) atoms. The van der Waals surface area contributed by atoms with Crippen LogP contribution in [0.15, 0.2) is 12.3 Å². The third kappa shape index (κ3) is 3.61. The lowest BCUT2D eigenvalue weighted by Gasteiger charge is -2.32. The summed E-state index contributed by atoms with van der Waals surface area (Å²) in [5.41, 5.74) is 1.47. The van der Waals surface area contributed by atoms with Crippen LogP contribution in [0.25, 0.3) is 0 Å². The summed E-state index contributed by atoms with van der Waals surface area (Å²) in [5.74, 6) is 0. The molecule has 0 spiro atoms. The monoisotopic (exact) mass is 224 g/mol. The van der Waals surface area contributed by atoms with Crippen LogP contribution in [0.2, 0.25) is 0 Å². The first kappa shape index (κ1) is 13.2. The number of rotatable bonds is 6. The summed E-state index contributed by atoms with van der Waals surface area (Å²) in [6.45, 7) is 6.48. The van der Waals surface area contributed by atoms with Gasteiger partial charge in [-0.1, -0.05) is 0 Å². The van der Waals surface area contributed by atoms with E-state index >= 15 is 0 Å². The van der Waals surface area contributed by atoms with Gasteiger partial charge in [-0.15, -0.1) is 0 Å².